The third-order valence-corrected chi connectivity index (χ3v) is 6.36. The third kappa shape index (κ3) is 5.47. The number of ketones is 2. The molecule has 11 heteroatoms. The predicted octanol–water partition coefficient (Wildman–Crippen LogP) is 3.85. The van der Waals surface area contributed by atoms with Crippen molar-refractivity contribution in [2.45, 2.75) is 33.3 Å². The van der Waals surface area contributed by atoms with E-state index >= 15 is 0 Å². The van der Waals surface area contributed by atoms with E-state index in [1.54, 1.807) is 35.2 Å². The first kappa shape index (κ1) is 26.0. The molecule has 4 aromatic rings. The molecule has 2 aromatic carbocycles. The number of fused-ring (bicyclic) bond motifs is 1. The Labute approximate surface area is 225 Å². The highest BCUT2D eigenvalue weighted by atomic mass is 16.6. The summed E-state index contributed by atoms with van der Waals surface area (Å²) in [6, 6.07) is 13.9. The molecule has 0 bridgehead atoms. The van der Waals surface area contributed by atoms with E-state index in [-0.39, 0.29) is 17.1 Å². The van der Waals surface area contributed by atoms with Gasteiger partial charge < -0.3 is 14.5 Å². The van der Waals surface area contributed by atoms with E-state index in [4.69, 9.17) is 9.72 Å². The molecule has 1 N–H and O–H groups in total. The quantitative estimate of drug-likeness (QED) is 0.303. The number of piperazine rings is 1. The number of carbonyl (C=O) groups is 3. The number of ether oxygens (including phenoxy) is 1. The van der Waals surface area contributed by atoms with Crippen LogP contribution in [0.15, 0.2) is 48.5 Å². The molecular weight excluding hydrogens is 498 g/mol. The number of hydrogen-bond acceptors (Lipinski definition) is 9. The smallest absolute Gasteiger partial charge is 0.410 e. The number of nitrogens with one attached hydrogen (secondary N) is 1. The molecule has 1 aliphatic heterocycles. The molecule has 1 aliphatic rings. The van der Waals surface area contributed by atoms with Crippen LogP contribution in [0.5, 0.6) is 0 Å². The minimum Gasteiger partial charge on any atom is -0.444 e. The van der Waals surface area contributed by atoms with Gasteiger partial charge >= 0.3 is 6.09 Å². The van der Waals surface area contributed by atoms with Crippen LogP contribution in [0.2, 0.25) is 0 Å². The van der Waals surface area contributed by atoms with Gasteiger partial charge in [0.1, 0.15) is 5.60 Å². The number of aromatic nitrogens is 5. The summed E-state index contributed by atoms with van der Waals surface area (Å²) < 4.78 is 5.50. The van der Waals surface area contributed by atoms with Crippen molar-refractivity contribution in [3.05, 3.63) is 65.5 Å². The van der Waals surface area contributed by atoms with Gasteiger partial charge in [-0.3, -0.25) is 14.7 Å². The Morgan fingerprint density at radius 1 is 0.923 bits per heavy atom. The molecule has 1 amide bonds. The summed E-state index contributed by atoms with van der Waals surface area (Å²) in [5.74, 6) is -0.921. The first-order valence-electron chi connectivity index (χ1n) is 12.7. The molecule has 2 aromatic heterocycles. The number of benzene rings is 2. The molecule has 0 saturated carbocycles. The lowest BCUT2D eigenvalue weighted by atomic mass is 10.0. The van der Waals surface area contributed by atoms with Gasteiger partial charge in [-0.25, -0.2) is 9.78 Å². The third-order valence-electron chi connectivity index (χ3n) is 6.36. The second kappa shape index (κ2) is 10.2. The maximum Gasteiger partial charge on any atom is 0.410 e. The molecule has 11 nitrogen and oxygen atoms in total. The Kier molecular flexibility index (Phi) is 6.81. The zero-order valence-electron chi connectivity index (χ0n) is 22.3. The number of anilines is 1. The Balaban J connectivity index is 1.48. The van der Waals surface area contributed by atoms with Gasteiger partial charge in [0.05, 0.1) is 5.52 Å². The van der Waals surface area contributed by atoms with Gasteiger partial charge in [-0.05, 0) is 45.9 Å². The summed E-state index contributed by atoms with van der Waals surface area (Å²) >= 11 is 0. The van der Waals surface area contributed by atoms with Crippen molar-refractivity contribution in [3.8, 4) is 11.4 Å². The van der Waals surface area contributed by atoms with Crippen LogP contribution < -0.4 is 4.90 Å². The van der Waals surface area contributed by atoms with E-state index < -0.39 is 23.3 Å². The normalized spacial score (nSPS) is 13.9. The molecule has 5 rings (SSSR count). The monoisotopic (exact) mass is 527 g/mol. The van der Waals surface area contributed by atoms with Crippen molar-refractivity contribution in [1.29, 1.82) is 0 Å². The fraction of sp³-hybridized carbons (Fsp3) is 0.321. The van der Waals surface area contributed by atoms with Crippen molar-refractivity contribution < 1.29 is 19.1 Å². The van der Waals surface area contributed by atoms with Gasteiger partial charge in [-0.15, -0.1) is 10.2 Å². The molecule has 200 valence electrons. The van der Waals surface area contributed by atoms with Crippen LogP contribution >= 0.6 is 0 Å². The van der Waals surface area contributed by atoms with Crippen molar-refractivity contribution in [3.63, 3.8) is 0 Å². The fourth-order valence-electron chi connectivity index (χ4n) is 4.34. The average molecular weight is 528 g/mol. The largest absolute Gasteiger partial charge is 0.444 e. The Bertz CT molecular complexity index is 1550. The molecule has 0 unspecified atom stereocenters. The zero-order valence-corrected chi connectivity index (χ0v) is 22.3. The summed E-state index contributed by atoms with van der Waals surface area (Å²) in [4.78, 5) is 47.1. The maximum absolute atomic E-state index is 13.4. The summed E-state index contributed by atoms with van der Waals surface area (Å²) in [5, 5.41) is 16.6. The predicted molar refractivity (Wildman–Crippen MR) is 145 cm³/mol. The van der Waals surface area contributed by atoms with Crippen LogP contribution in [0, 0.1) is 6.92 Å². The number of H-pyrrole nitrogens is 1. The molecule has 39 heavy (non-hydrogen) atoms. The molecule has 1 fully saturated rings. The average Bonchev–Trinajstić information content (AvgIpc) is 3.31. The molecule has 1 saturated heterocycles. The molecule has 0 spiro atoms. The van der Waals surface area contributed by atoms with Crippen molar-refractivity contribution in [1.82, 2.24) is 30.3 Å². The number of amides is 1. The van der Waals surface area contributed by atoms with E-state index in [1.807, 2.05) is 50.8 Å². The van der Waals surface area contributed by atoms with E-state index in [0.717, 1.165) is 16.6 Å². The van der Waals surface area contributed by atoms with Gasteiger partial charge in [0.15, 0.2) is 17.3 Å². The second-order valence-electron chi connectivity index (χ2n) is 10.4. The highest BCUT2D eigenvalue weighted by Crippen LogP contribution is 2.26. The first-order valence-corrected chi connectivity index (χ1v) is 12.7. The summed E-state index contributed by atoms with van der Waals surface area (Å²) in [5.41, 5.74) is 1.93. The molecule has 3 heterocycles. The van der Waals surface area contributed by atoms with Crippen molar-refractivity contribution in [2.75, 3.05) is 31.1 Å². The summed E-state index contributed by atoms with van der Waals surface area (Å²) in [7, 11) is 0. The Morgan fingerprint density at radius 2 is 1.64 bits per heavy atom. The van der Waals surface area contributed by atoms with Crippen molar-refractivity contribution >= 4 is 34.4 Å². The fourth-order valence-corrected chi connectivity index (χ4v) is 4.34. The maximum atomic E-state index is 13.4. The van der Waals surface area contributed by atoms with Crippen LogP contribution in [0.25, 0.3) is 22.3 Å². The lowest BCUT2D eigenvalue weighted by Crippen LogP contribution is -2.50. The highest BCUT2D eigenvalue weighted by Gasteiger charge is 2.31. The lowest BCUT2D eigenvalue weighted by molar-refractivity contribution is 0.0240. The van der Waals surface area contributed by atoms with E-state index in [0.29, 0.717) is 37.6 Å². The van der Waals surface area contributed by atoms with Gasteiger partial charge in [0.2, 0.25) is 5.78 Å². The number of aromatic amines is 1. The molecular formula is C28H29N7O4. The van der Waals surface area contributed by atoms with Crippen LogP contribution in [0.4, 0.5) is 10.6 Å². The number of hydrogen-bond donors (Lipinski definition) is 1. The standard InChI is InChI=1S/C28H29N7O4/c1-17-20-16-19(10-11-21(20)31-30-17)25-29-26(34-12-14-35(15-13-34)27(38)39-28(2,3)4)22(32-33-25)24(37)23(36)18-8-6-5-7-9-18/h5-11,16H,12-15H2,1-4H3,(H,30,31). The molecule has 0 atom stereocenters. The first-order chi connectivity index (χ1) is 18.6. The minimum atomic E-state index is -0.793. The number of aryl methyl sites for hydroxylation is 1. The van der Waals surface area contributed by atoms with Gasteiger partial charge in [0.25, 0.3) is 5.78 Å². The number of carbonyl (C=O) groups excluding carboxylic acids is 3. The number of nitrogens with zero attached hydrogens (tertiary/aromatic N) is 6. The Morgan fingerprint density at radius 3 is 2.33 bits per heavy atom. The lowest BCUT2D eigenvalue weighted by Gasteiger charge is -2.36. The van der Waals surface area contributed by atoms with Crippen LogP contribution in [0.1, 0.15) is 47.3 Å². The minimum absolute atomic E-state index is 0.126. The topological polar surface area (TPSA) is 134 Å². The summed E-state index contributed by atoms with van der Waals surface area (Å²) in [6.45, 7) is 8.83. The van der Waals surface area contributed by atoms with E-state index in [2.05, 4.69) is 20.4 Å². The van der Waals surface area contributed by atoms with Crippen LogP contribution in [-0.4, -0.2) is 79.7 Å². The highest BCUT2D eigenvalue weighted by molar-refractivity contribution is 6.49. The number of Topliss-reactive ketones (excluding diaryl/α,β-unsaturated/α-hetero) is 2. The number of rotatable bonds is 5. The van der Waals surface area contributed by atoms with E-state index in [9.17, 15) is 14.4 Å². The van der Waals surface area contributed by atoms with E-state index in [1.165, 1.54) is 0 Å². The van der Waals surface area contributed by atoms with Crippen LogP contribution in [-0.2, 0) is 4.74 Å². The van der Waals surface area contributed by atoms with Gasteiger partial charge in [-0.1, -0.05) is 30.3 Å². The molecule has 0 aliphatic carbocycles. The van der Waals surface area contributed by atoms with Gasteiger partial charge in [-0.2, -0.15) is 5.10 Å². The zero-order chi connectivity index (χ0) is 27.7. The Hall–Kier alpha value is -4.67. The second-order valence-corrected chi connectivity index (χ2v) is 10.4. The van der Waals surface area contributed by atoms with Crippen LogP contribution in [0.3, 0.4) is 0 Å². The molecule has 0 radical (unpaired) electrons. The SMILES string of the molecule is Cc1[nH]nc2ccc(-c3nnc(C(=O)C(=O)c4ccccc4)c(N4CCN(C(=O)OC(C)(C)C)CC4)n3)cc12. The van der Waals surface area contributed by atoms with Crippen molar-refractivity contribution in [2.24, 2.45) is 0 Å². The van der Waals surface area contributed by atoms with Gasteiger partial charge in [0, 0.05) is 48.4 Å². The summed E-state index contributed by atoms with van der Waals surface area (Å²) in [6.07, 6.45) is -0.400.